The first kappa shape index (κ1) is 17.4. The van der Waals surface area contributed by atoms with E-state index in [0.717, 1.165) is 44.6 Å². The first-order valence-electron chi connectivity index (χ1n) is 9.06. The molecule has 2 aromatic rings. The van der Waals surface area contributed by atoms with Crippen molar-refractivity contribution >= 4 is 16.9 Å². The average Bonchev–Trinajstić information content (AvgIpc) is 3.33. The van der Waals surface area contributed by atoms with Crippen molar-refractivity contribution in [2.75, 3.05) is 26.2 Å². The molecule has 3 heterocycles. The molecule has 0 saturated carbocycles. The highest BCUT2D eigenvalue weighted by atomic mass is 19.4. The smallest absolute Gasteiger partial charge is 0.416 e. The van der Waals surface area contributed by atoms with Gasteiger partial charge in [-0.05, 0) is 63.0 Å². The van der Waals surface area contributed by atoms with Crippen molar-refractivity contribution in [2.24, 2.45) is 0 Å². The van der Waals surface area contributed by atoms with E-state index in [1.54, 1.807) is 0 Å². The molecule has 1 aromatic carbocycles. The zero-order valence-corrected chi connectivity index (χ0v) is 14.4. The SMILES string of the molecule is O=C(c1cc2cc(C(F)(F)F)ccc2o1)N1CCC[C@H]1CN1CCCC1. The van der Waals surface area contributed by atoms with Gasteiger partial charge < -0.3 is 14.2 Å². The van der Waals surface area contributed by atoms with Crippen LogP contribution in [0.4, 0.5) is 13.2 Å². The number of carbonyl (C=O) groups is 1. The molecule has 0 N–H and O–H groups in total. The van der Waals surface area contributed by atoms with Crippen LogP contribution >= 0.6 is 0 Å². The van der Waals surface area contributed by atoms with Gasteiger partial charge in [-0.1, -0.05) is 0 Å². The molecule has 2 aliphatic rings. The van der Waals surface area contributed by atoms with Crippen LogP contribution in [0.25, 0.3) is 11.0 Å². The minimum Gasteiger partial charge on any atom is -0.451 e. The number of nitrogens with zero attached hydrogens (tertiary/aromatic N) is 2. The third kappa shape index (κ3) is 3.32. The van der Waals surface area contributed by atoms with Gasteiger partial charge in [0.05, 0.1) is 5.56 Å². The van der Waals surface area contributed by atoms with E-state index in [1.165, 1.54) is 25.0 Å². The van der Waals surface area contributed by atoms with Gasteiger partial charge in [0, 0.05) is 24.5 Å². The summed E-state index contributed by atoms with van der Waals surface area (Å²) in [5.74, 6) is -0.107. The number of rotatable bonds is 3. The Hall–Kier alpha value is -2.02. The average molecular weight is 366 g/mol. The van der Waals surface area contributed by atoms with Crippen LogP contribution in [0, 0.1) is 0 Å². The van der Waals surface area contributed by atoms with Crippen molar-refractivity contribution in [3.8, 4) is 0 Å². The summed E-state index contributed by atoms with van der Waals surface area (Å²) < 4.78 is 44.1. The summed E-state index contributed by atoms with van der Waals surface area (Å²) in [4.78, 5) is 17.1. The molecule has 1 aromatic heterocycles. The van der Waals surface area contributed by atoms with Crippen molar-refractivity contribution in [2.45, 2.75) is 37.9 Å². The largest absolute Gasteiger partial charge is 0.451 e. The Morgan fingerprint density at radius 2 is 1.88 bits per heavy atom. The number of hydrogen-bond acceptors (Lipinski definition) is 3. The third-order valence-electron chi connectivity index (χ3n) is 5.36. The first-order chi connectivity index (χ1) is 12.4. The fraction of sp³-hybridized carbons (Fsp3) is 0.526. The third-order valence-corrected chi connectivity index (χ3v) is 5.36. The minimum atomic E-state index is -4.41. The maximum Gasteiger partial charge on any atom is 0.416 e. The summed E-state index contributed by atoms with van der Waals surface area (Å²) in [6.07, 6.45) is -0.105. The number of amides is 1. The Labute approximate surface area is 149 Å². The maximum absolute atomic E-state index is 12.9. The standard InChI is InChI=1S/C19H21F3N2O2/c20-19(21,22)14-5-6-16-13(10-14)11-17(26-16)18(25)24-9-3-4-15(24)12-23-7-1-2-8-23/h5-6,10-11,15H,1-4,7-9,12H2/t15-/m0/s1. The van der Waals surface area contributed by atoms with E-state index in [1.807, 2.05) is 4.90 Å². The van der Waals surface area contributed by atoms with Crippen LogP contribution < -0.4 is 0 Å². The van der Waals surface area contributed by atoms with E-state index < -0.39 is 11.7 Å². The molecule has 4 nitrogen and oxygen atoms in total. The van der Waals surface area contributed by atoms with Crippen LogP contribution in [-0.2, 0) is 6.18 Å². The van der Waals surface area contributed by atoms with Crippen molar-refractivity contribution in [3.05, 3.63) is 35.6 Å². The van der Waals surface area contributed by atoms with Gasteiger partial charge in [0.25, 0.3) is 5.91 Å². The number of furan rings is 1. The highest BCUT2D eigenvalue weighted by molar-refractivity contribution is 5.96. The summed E-state index contributed by atoms with van der Waals surface area (Å²) in [5, 5.41) is 0.304. The predicted octanol–water partition coefficient (Wildman–Crippen LogP) is 4.15. The van der Waals surface area contributed by atoms with Crippen LogP contribution in [0.1, 0.15) is 41.8 Å². The molecule has 4 rings (SSSR count). The Kier molecular flexibility index (Phi) is 4.42. The Bertz CT molecular complexity index is 809. The highest BCUT2D eigenvalue weighted by Crippen LogP contribution is 2.33. The van der Waals surface area contributed by atoms with Gasteiger partial charge in [-0.2, -0.15) is 13.2 Å². The fourth-order valence-electron chi connectivity index (χ4n) is 4.02. The molecular weight excluding hydrogens is 345 g/mol. The lowest BCUT2D eigenvalue weighted by Gasteiger charge is -2.27. The minimum absolute atomic E-state index is 0.118. The summed E-state index contributed by atoms with van der Waals surface area (Å²) in [6.45, 7) is 3.68. The van der Waals surface area contributed by atoms with Crippen LogP contribution in [-0.4, -0.2) is 47.9 Å². The Morgan fingerprint density at radius 3 is 2.62 bits per heavy atom. The van der Waals surface area contributed by atoms with E-state index in [9.17, 15) is 18.0 Å². The van der Waals surface area contributed by atoms with E-state index in [4.69, 9.17) is 4.42 Å². The van der Waals surface area contributed by atoms with Crippen molar-refractivity contribution in [1.29, 1.82) is 0 Å². The lowest BCUT2D eigenvalue weighted by atomic mass is 10.1. The molecular formula is C19H21F3N2O2. The summed E-state index contributed by atoms with van der Waals surface area (Å²) in [5.41, 5.74) is -0.436. The second kappa shape index (κ2) is 6.61. The van der Waals surface area contributed by atoms with Gasteiger partial charge in [0.1, 0.15) is 5.58 Å². The second-order valence-electron chi connectivity index (χ2n) is 7.16. The molecule has 26 heavy (non-hydrogen) atoms. The molecule has 0 unspecified atom stereocenters. The second-order valence-corrected chi connectivity index (χ2v) is 7.16. The van der Waals surface area contributed by atoms with Gasteiger partial charge >= 0.3 is 6.18 Å². The summed E-state index contributed by atoms with van der Waals surface area (Å²) in [7, 11) is 0. The number of benzene rings is 1. The molecule has 1 atom stereocenters. The van der Waals surface area contributed by atoms with Gasteiger partial charge in [0.15, 0.2) is 5.76 Å². The summed E-state index contributed by atoms with van der Waals surface area (Å²) >= 11 is 0. The van der Waals surface area contributed by atoms with E-state index in [-0.39, 0.29) is 17.7 Å². The Morgan fingerprint density at radius 1 is 1.12 bits per heavy atom. The molecule has 0 bridgehead atoms. The van der Waals surface area contributed by atoms with Gasteiger partial charge in [-0.15, -0.1) is 0 Å². The van der Waals surface area contributed by atoms with Crippen LogP contribution in [0.15, 0.2) is 28.7 Å². The molecule has 2 aliphatic heterocycles. The number of alkyl halides is 3. The predicted molar refractivity (Wildman–Crippen MR) is 90.9 cm³/mol. The van der Waals surface area contributed by atoms with Gasteiger partial charge in [0.2, 0.25) is 0 Å². The zero-order chi connectivity index (χ0) is 18.3. The van der Waals surface area contributed by atoms with E-state index >= 15 is 0 Å². The number of likely N-dealkylation sites (tertiary alicyclic amines) is 2. The molecule has 0 spiro atoms. The highest BCUT2D eigenvalue weighted by Gasteiger charge is 2.34. The lowest BCUT2D eigenvalue weighted by Crippen LogP contribution is -2.42. The first-order valence-corrected chi connectivity index (χ1v) is 9.06. The molecule has 1 amide bonds. The topological polar surface area (TPSA) is 36.7 Å². The number of hydrogen-bond donors (Lipinski definition) is 0. The van der Waals surface area contributed by atoms with Crippen molar-refractivity contribution < 1.29 is 22.4 Å². The van der Waals surface area contributed by atoms with Crippen LogP contribution in [0.2, 0.25) is 0 Å². The van der Waals surface area contributed by atoms with Crippen molar-refractivity contribution in [1.82, 2.24) is 9.80 Å². The lowest BCUT2D eigenvalue weighted by molar-refractivity contribution is -0.137. The van der Waals surface area contributed by atoms with Crippen LogP contribution in [0.5, 0.6) is 0 Å². The quantitative estimate of drug-likeness (QED) is 0.819. The van der Waals surface area contributed by atoms with Gasteiger partial charge in [-0.25, -0.2) is 0 Å². The molecule has 2 saturated heterocycles. The van der Waals surface area contributed by atoms with E-state index in [0.29, 0.717) is 17.5 Å². The molecule has 140 valence electrons. The van der Waals surface area contributed by atoms with Crippen molar-refractivity contribution in [3.63, 3.8) is 0 Å². The normalized spacial score (nSPS) is 21.8. The zero-order valence-electron chi connectivity index (χ0n) is 14.4. The molecule has 7 heteroatoms. The fourth-order valence-corrected chi connectivity index (χ4v) is 4.02. The Balaban J connectivity index is 1.55. The molecule has 2 fully saturated rings. The summed E-state index contributed by atoms with van der Waals surface area (Å²) in [6, 6.07) is 4.87. The maximum atomic E-state index is 12.9. The van der Waals surface area contributed by atoms with Gasteiger partial charge in [-0.3, -0.25) is 4.79 Å². The monoisotopic (exact) mass is 366 g/mol. The number of carbonyl (C=O) groups excluding carboxylic acids is 1. The van der Waals surface area contributed by atoms with Crippen LogP contribution in [0.3, 0.4) is 0 Å². The number of halogens is 3. The van der Waals surface area contributed by atoms with E-state index in [2.05, 4.69) is 4.90 Å². The molecule has 0 radical (unpaired) electrons. The molecule has 0 aliphatic carbocycles. The number of fused-ring (bicyclic) bond motifs is 1.